The molecule has 1 aliphatic rings. The van der Waals surface area contributed by atoms with E-state index in [1.807, 2.05) is 16.8 Å². The van der Waals surface area contributed by atoms with E-state index in [1.54, 1.807) is 0 Å². The zero-order valence-electron chi connectivity index (χ0n) is 9.30. The van der Waals surface area contributed by atoms with Crippen molar-refractivity contribution in [3.8, 4) is 11.5 Å². The summed E-state index contributed by atoms with van der Waals surface area (Å²) in [6.07, 6.45) is 0. The van der Waals surface area contributed by atoms with Gasteiger partial charge in [-0.15, -0.1) is 5.10 Å². The highest BCUT2D eigenvalue weighted by Gasteiger charge is 2.16. The predicted octanol–water partition coefficient (Wildman–Crippen LogP) is 1.78. The first-order valence-corrected chi connectivity index (χ1v) is 5.40. The van der Waals surface area contributed by atoms with Gasteiger partial charge in [0.2, 0.25) is 0 Å². The summed E-state index contributed by atoms with van der Waals surface area (Å²) in [5, 5.41) is 8.25. The number of fused-ring (bicyclic) bond motifs is 2. The molecular weight excluding hydrogens is 206 g/mol. The van der Waals surface area contributed by atoms with Gasteiger partial charge in [0.15, 0.2) is 11.5 Å². The highest BCUT2D eigenvalue weighted by atomic mass is 16.6. The molecule has 2 heterocycles. The van der Waals surface area contributed by atoms with Crippen LogP contribution in [0, 0.1) is 0 Å². The second kappa shape index (κ2) is 3.37. The summed E-state index contributed by atoms with van der Waals surface area (Å²) in [4.78, 5) is 0. The van der Waals surface area contributed by atoms with Gasteiger partial charge >= 0.3 is 0 Å². The molecule has 84 valence electrons. The van der Waals surface area contributed by atoms with Crippen molar-refractivity contribution in [1.82, 2.24) is 15.0 Å². The quantitative estimate of drug-likeness (QED) is 0.733. The zero-order valence-corrected chi connectivity index (χ0v) is 9.30. The molecule has 0 bridgehead atoms. The van der Waals surface area contributed by atoms with E-state index < -0.39 is 0 Å². The standard InChI is InChI=1S/C11H13N3O2/c1-7(2)14-9-6-11-10(15-3-4-16-11)5-8(9)12-13-14/h5-7H,3-4H2,1-2H3. The fourth-order valence-electron chi connectivity index (χ4n) is 1.86. The van der Waals surface area contributed by atoms with Crippen LogP contribution in [0.4, 0.5) is 0 Å². The lowest BCUT2D eigenvalue weighted by atomic mass is 10.2. The minimum atomic E-state index is 0.285. The van der Waals surface area contributed by atoms with Gasteiger partial charge in [0.25, 0.3) is 0 Å². The summed E-state index contributed by atoms with van der Waals surface area (Å²) in [7, 11) is 0. The Bertz CT molecular complexity index is 533. The van der Waals surface area contributed by atoms with Gasteiger partial charge in [0, 0.05) is 18.2 Å². The van der Waals surface area contributed by atoms with Crippen molar-refractivity contribution in [3.05, 3.63) is 12.1 Å². The van der Waals surface area contributed by atoms with Crippen LogP contribution in [-0.2, 0) is 0 Å². The maximum Gasteiger partial charge on any atom is 0.163 e. The van der Waals surface area contributed by atoms with E-state index in [4.69, 9.17) is 9.47 Å². The van der Waals surface area contributed by atoms with Crippen LogP contribution < -0.4 is 9.47 Å². The molecule has 3 rings (SSSR count). The monoisotopic (exact) mass is 219 g/mol. The smallest absolute Gasteiger partial charge is 0.163 e. The summed E-state index contributed by atoms with van der Waals surface area (Å²) in [5.74, 6) is 1.54. The second-order valence-corrected chi connectivity index (χ2v) is 4.11. The van der Waals surface area contributed by atoms with E-state index >= 15 is 0 Å². The molecule has 2 aromatic rings. The number of benzene rings is 1. The average Bonchev–Trinajstić information content (AvgIpc) is 2.68. The topological polar surface area (TPSA) is 49.2 Å². The lowest BCUT2D eigenvalue weighted by molar-refractivity contribution is 0.172. The summed E-state index contributed by atoms with van der Waals surface area (Å²) < 4.78 is 12.9. The number of hydrogen-bond acceptors (Lipinski definition) is 4. The molecule has 1 aromatic heterocycles. The van der Waals surface area contributed by atoms with E-state index in [2.05, 4.69) is 24.2 Å². The van der Waals surface area contributed by atoms with Crippen LogP contribution in [0.2, 0.25) is 0 Å². The maximum absolute atomic E-state index is 5.54. The van der Waals surface area contributed by atoms with Crippen molar-refractivity contribution in [1.29, 1.82) is 0 Å². The zero-order chi connectivity index (χ0) is 11.1. The van der Waals surface area contributed by atoms with Crippen molar-refractivity contribution < 1.29 is 9.47 Å². The molecule has 0 unspecified atom stereocenters. The third-order valence-electron chi connectivity index (χ3n) is 2.62. The highest BCUT2D eigenvalue weighted by molar-refractivity contribution is 5.79. The van der Waals surface area contributed by atoms with E-state index in [1.165, 1.54) is 0 Å². The Kier molecular flexibility index (Phi) is 1.99. The van der Waals surface area contributed by atoms with Gasteiger partial charge in [-0.25, -0.2) is 4.68 Å². The lowest BCUT2D eigenvalue weighted by Gasteiger charge is -2.18. The molecule has 1 aliphatic heterocycles. The van der Waals surface area contributed by atoms with Crippen LogP contribution in [0.3, 0.4) is 0 Å². The second-order valence-electron chi connectivity index (χ2n) is 4.11. The van der Waals surface area contributed by atoms with E-state index in [0.717, 1.165) is 22.5 Å². The molecular formula is C11H13N3O2. The van der Waals surface area contributed by atoms with Crippen molar-refractivity contribution in [2.75, 3.05) is 13.2 Å². The summed E-state index contributed by atoms with van der Waals surface area (Å²) >= 11 is 0. The van der Waals surface area contributed by atoms with Crippen molar-refractivity contribution in [2.24, 2.45) is 0 Å². The first-order valence-electron chi connectivity index (χ1n) is 5.40. The lowest BCUT2D eigenvalue weighted by Crippen LogP contribution is -2.15. The Morgan fingerprint density at radius 1 is 1.19 bits per heavy atom. The maximum atomic E-state index is 5.54. The fraction of sp³-hybridized carbons (Fsp3) is 0.455. The molecule has 0 radical (unpaired) electrons. The molecule has 0 aliphatic carbocycles. The number of rotatable bonds is 1. The van der Waals surface area contributed by atoms with Gasteiger partial charge in [-0.1, -0.05) is 5.21 Å². The predicted molar refractivity (Wildman–Crippen MR) is 58.9 cm³/mol. The van der Waals surface area contributed by atoms with Gasteiger partial charge in [-0.05, 0) is 13.8 Å². The van der Waals surface area contributed by atoms with Gasteiger partial charge in [-0.3, -0.25) is 0 Å². The first-order chi connectivity index (χ1) is 7.75. The third-order valence-corrected chi connectivity index (χ3v) is 2.62. The fourth-order valence-corrected chi connectivity index (χ4v) is 1.86. The molecule has 16 heavy (non-hydrogen) atoms. The largest absolute Gasteiger partial charge is 0.486 e. The average molecular weight is 219 g/mol. The molecule has 5 nitrogen and oxygen atoms in total. The van der Waals surface area contributed by atoms with Crippen LogP contribution >= 0.6 is 0 Å². The number of hydrogen-bond donors (Lipinski definition) is 0. The van der Waals surface area contributed by atoms with Crippen LogP contribution in [0.25, 0.3) is 11.0 Å². The molecule has 5 heteroatoms. The summed E-state index contributed by atoms with van der Waals surface area (Å²) in [6.45, 7) is 5.34. The Morgan fingerprint density at radius 2 is 1.88 bits per heavy atom. The van der Waals surface area contributed by atoms with Crippen molar-refractivity contribution >= 4 is 11.0 Å². The third kappa shape index (κ3) is 1.31. The minimum absolute atomic E-state index is 0.285. The molecule has 0 atom stereocenters. The van der Waals surface area contributed by atoms with Gasteiger partial charge < -0.3 is 9.47 Å². The van der Waals surface area contributed by atoms with Gasteiger partial charge in [0.1, 0.15) is 18.7 Å². The molecule has 0 amide bonds. The normalized spacial score (nSPS) is 14.7. The summed E-state index contributed by atoms with van der Waals surface area (Å²) in [5.41, 5.74) is 1.83. The van der Waals surface area contributed by atoms with Crippen LogP contribution in [0.15, 0.2) is 12.1 Å². The number of aromatic nitrogens is 3. The summed E-state index contributed by atoms with van der Waals surface area (Å²) in [6, 6.07) is 4.12. The first kappa shape index (κ1) is 9.45. The van der Waals surface area contributed by atoms with Gasteiger partial charge in [-0.2, -0.15) is 0 Å². The molecule has 0 saturated carbocycles. The van der Waals surface area contributed by atoms with Crippen LogP contribution in [0.5, 0.6) is 11.5 Å². The Labute approximate surface area is 93.0 Å². The SMILES string of the molecule is CC(C)n1nnc2cc3c(cc21)OCCO3. The van der Waals surface area contributed by atoms with E-state index in [0.29, 0.717) is 13.2 Å². The van der Waals surface area contributed by atoms with Crippen LogP contribution in [-0.4, -0.2) is 28.2 Å². The van der Waals surface area contributed by atoms with Crippen molar-refractivity contribution in [2.45, 2.75) is 19.9 Å². The Morgan fingerprint density at radius 3 is 2.56 bits per heavy atom. The van der Waals surface area contributed by atoms with E-state index in [9.17, 15) is 0 Å². The molecule has 0 saturated heterocycles. The Hall–Kier alpha value is -1.78. The Balaban J connectivity index is 2.22. The molecule has 0 fully saturated rings. The minimum Gasteiger partial charge on any atom is -0.486 e. The number of nitrogens with zero attached hydrogens (tertiary/aromatic N) is 3. The van der Waals surface area contributed by atoms with Gasteiger partial charge in [0.05, 0.1) is 5.52 Å². The van der Waals surface area contributed by atoms with Crippen LogP contribution in [0.1, 0.15) is 19.9 Å². The van der Waals surface area contributed by atoms with Crippen molar-refractivity contribution in [3.63, 3.8) is 0 Å². The van der Waals surface area contributed by atoms with E-state index in [-0.39, 0.29) is 6.04 Å². The molecule has 1 aromatic carbocycles. The molecule has 0 spiro atoms. The molecule has 0 N–H and O–H groups in total. The highest BCUT2D eigenvalue weighted by Crippen LogP contribution is 2.34. The number of ether oxygens (including phenoxy) is 2.